The third kappa shape index (κ3) is 5.27. The smallest absolute Gasteiger partial charge is 0.00474 e. The van der Waals surface area contributed by atoms with E-state index in [1.165, 1.54) is 51.7 Å². The molecule has 2 nitrogen and oxygen atoms in total. The van der Waals surface area contributed by atoms with Crippen LogP contribution in [0.2, 0.25) is 0 Å². The number of hydrogen-bond acceptors (Lipinski definition) is 2. The average Bonchev–Trinajstić information content (AvgIpc) is 2.61. The highest BCUT2D eigenvalue weighted by Gasteiger charge is 2.26. The minimum atomic E-state index is 0.446. The van der Waals surface area contributed by atoms with E-state index in [1.54, 1.807) is 0 Å². The van der Waals surface area contributed by atoms with E-state index in [1.807, 2.05) is 0 Å². The van der Waals surface area contributed by atoms with E-state index in [9.17, 15) is 0 Å². The Morgan fingerprint density at radius 1 is 1.17 bits per heavy atom. The number of hydrogen-bond donors (Lipinski definition) is 1. The summed E-state index contributed by atoms with van der Waals surface area (Å²) in [6.07, 6.45) is 6.91. The molecule has 1 saturated heterocycles. The second-order valence-electron chi connectivity index (χ2n) is 6.43. The summed E-state index contributed by atoms with van der Waals surface area (Å²) >= 11 is 0. The van der Waals surface area contributed by atoms with Crippen LogP contribution in [0, 0.1) is 11.3 Å². The van der Waals surface area contributed by atoms with E-state index in [0.29, 0.717) is 5.41 Å². The quantitative estimate of drug-likeness (QED) is 0.748. The maximum Gasteiger partial charge on any atom is 0.00474 e. The Morgan fingerprint density at radius 3 is 2.56 bits per heavy atom. The van der Waals surface area contributed by atoms with Gasteiger partial charge in [0, 0.05) is 13.1 Å². The monoisotopic (exact) mass is 254 g/mol. The Balaban J connectivity index is 2.43. The number of likely N-dealkylation sites (tertiary alicyclic amines) is 1. The molecule has 0 radical (unpaired) electrons. The van der Waals surface area contributed by atoms with Crippen LogP contribution in [-0.4, -0.2) is 37.6 Å². The van der Waals surface area contributed by atoms with Gasteiger partial charge in [-0.25, -0.2) is 0 Å². The first-order valence-corrected chi connectivity index (χ1v) is 8.06. The van der Waals surface area contributed by atoms with Crippen LogP contribution in [-0.2, 0) is 0 Å². The van der Waals surface area contributed by atoms with Gasteiger partial charge < -0.3 is 10.2 Å². The SMILES string of the molecule is CCNCC(C)(CC)CN1CCCC(CC)CC1. The van der Waals surface area contributed by atoms with Crippen molar-refractivity contribution in [2.45, 2.75) is 59.8 Å². The maximum atomic E-state index is 3.54. The molecule has 0 aromatic heterocycles. The summed E-state index contributed by atoms with van der Waals surface area (Å²) in [4.78, 5) is 2.72. The Hall–Kier alpha value is -0.0800. The van der Waals surface area contributed by atoms with Crippen molar-refractivity contribution in [3.05, 3.63) is 0 Å². The zero-order chi connectivity index (χ0) is 13.4. The standard InChI is InChI=1S/C16H34N2/c1-5-15-9-8-11-18(12-10-15)14-16(4,6-2)13-17-7-3/h15,17H,5-14H2,1-4H3. The number of rotatable bonds is 7. The molecule has 0 aliphatic carbocycles. The Morgan fingerprint density at radius 2 is 1.94 bits per heavy atom. The molecular formula is C16H34N2. The highest BCUT2D eigenvalue weighted by molar-refractivity contribution is 4.81. The van der Waals surface area contributed by atoms with Crippen molar-refractivity contribution in [3.8, 4) is 0 Å². The zero-order valence-electron chi connectivity index (χ0n) is 13.1. The summed E-state index contributed by atoms with van der Waals surface area (Å²) < 4.78 is 0. The molecular weight excluding hydrogens is 220 g/mol. The summed E-state index contributed by atoms with van der Waals surface area (Å²) in [5.41, 5.74) is 0.446. The van der Waals surface area contributed by atoms with Gasteiger partial charge in [-0.2, -0.15) is 0 Å². The van der Waals surface area contributed by atoms with Gasteiger partial charge in [-0.3, -0.25) is 0 Å². The van der Waals surface area contributed by atoms with Crippen molar-refractivity contribution >= 4 is 0 Å². The van der Waals surface area contributed by atoms with Crippen LogP contribution in [0.15, 0.2) is 0 Å². The van der Waals surface area contributed by atoms with Crippen LogP contribution in [0.25, 0.3) is 0 Å². The van der Waals surface area contributed by atoms with Crippen molar-refractivity contribution in [2.24, 2.45) is 11.3 Å². The zero-order valence-corrected chi connectivity index (χ0v) is 13.1. The van der Waals surface area contributed by atoms with Gasteiger partial charge >= 0.3 is 0 Å². The molecule has 1 aliphatic rings. The van der Waals surface area contributed by atoms with E-state index in [0.717, 1.165) is 19.0 Å². The highest BCUT2D eigenvalue weighted by atomic mass is 15.1. The van der Waals surface area contributed by atoms with Crippen molar-refractivity contribution in [3.63, 3.8) is 0 Å². The van der Waals surface area contributed by atoms with Crippen molar-refractivity contribution < 1.29 is 0 Å². The fourth-order valence-corrected chi connectivity index (χ4v) is 3.05. The van der Waals surface area contributed by atoms with E-state index in [-0.39, 0.29) is 0 Å². The molecule has 2 unspecified atom stereocenters. The van der Waals surface area contributed by atoms with Gasteiger partial charge in [0.25, 0.3) is 0 Å². The molecule has 0 spiro atoms. The molecule has 2 heteroatoms. The lowest BCUT2D eigenvalue weighted by molar-refractivity contribution is 0.158. The third-order valence-corrected chi connectivity index (χ3v) is 4.78. The van der Waals surface area contributed by atoms with Gasteiger partial charge in [-0.05, 0) is 56.7 Å². The normalized spacial score (nSPS) is 25.7. The molecule has 1 heterocycles. The molecule has 0 amide bonds. The Bertz CT molecular complexity index is 217. The number of nitrogens with zero attached hydrogens (tertiary/aromatic N) is 1. The third-order valence-electron chi connectivity index (χ3n) is 4.78. The van der Waals surface area contributed by atoms with E-state index in [2.05, 4.69) is 37.9 Å². The highest BCUT2D eigenvalue weighted by Crippen LogP contribution is 2.25. The van der Waals surface area contributed by atoms with E-state index < -0.39 is 0 Å². The predicted octanol–water partition coefficient (Wildman–Crippen LogP) is 3.52. The lowest BCUT2D eigenvalue weighted by Crippen LogP contribution is -2.42. The Labute approximate surface area is 115 Å². The molecule has 1 N–H and O–H groups in total. The van der Waals surface area contributed by atoms with Crippen LogP contribution in [0.4, 0.5) is 0 Å². The van der Waals surface area contributed by atoms with Crippen LogP contribution in [0.5, 0.6) is 0 Å². The fraction of sp³-hybridized carbons (Fsp3) is 1.00. The molecule has 108 valence electrons. The molecule has 0 bridgehead atoms. The second kappa shape index (κ2) is 8.16. The first-order valence-electron chi connectivity index (χ1n) is 8.06. The van der Waals surface area contributed by atoms with Crippen molar-refractivity contribution in [1.29, 1.82) is 0 Å². The minimum absolute atomic E-state index is 0.446. The summed E-state index contributed by atoms with van der Waals surface area (Å²) in [5.74, 6) is 0.983. The van der Waals surface area contributed by atoms with E-state index in [4.69, 9.17) is 0 Å². The van der Waals surface area contributed by atoms with Crippen molar-refractivity contribution in [2.75, 3.05) is 32.7 Å². The molecule has 0 saturated carbocycles. The van der Waals surface area contributed by atoms with Gasteiger partial charge in [-0.15, -0.1) is 0 Å². The average molecular weight is 254 g/mol. The predicted molar refractivity (Wildman–Crippen MR) is 81.0 cm³/mol. The first-order chi connectivity index (χ1) is 8.63. The van der Waals surface area contributed by atoms with Gasteiger partial charge in [0.1, 0.15) is 0 Å². The molecule has 1 fully saturated rings. The fourth-order valence-electron chi connectivity index (χ4n) is 3.05. The molecule has 0 aromatic rings. The lowest BCUT2D eigenvalue weighted by Gasteiger charge is -2.34. The van der Waals surface area contributed by atoms with Crippen LogP contribution in [0.3, 0.4) is 0 Å². The van der Waals surface area contributed by atoms with Gasteiger partial charge in [0.2, 0.25) is 0 Å². The molecule has 1 aliphatic heterocycles. The molecule has 0 aromatic carbocycles. The van der Waals surface area contributed by atoms with Crippen LogP contribution >= 0.6 is 0 Å². The molecule has 18 heavy (non-hydrogen) atoms. The topological polar surface area (TPSA) is 15.3 Å². The van der Waals surface area contributed by atoms with Crippen LogP contribution in [0.1, 0.15) is 59.8 Å². The van der Waals surface area contributed by atoms with Gasteiger partial charge in [0.15, 0.2) is 0 Å². The minimum Gasteiger partial charge on any atom is -0.316 e. The summed E-state index contributed by atoms with van der Waals surface area (Å²) in [7, 11) is 0. The van der Waals surface area contributed by atoms with Gasteiger partial charge in [-0.1, -0.05) is 34.1 Å². The molecule has 2 atom stereocenters. The first kappa shape index (κ1) is 16.0. The lowest BCUT2D eigenvalue weighted by atomic mass is 9.86. The number of nitrogens with one attached hydrogen (secondary N) is 1. The summed E-state index contributed by atoms with van der Waals surface area (Å²) in [5, 5.41) is 3.54. The van der Waals surface area contributed by atoms with E-state index >= 15 is 0 Å². The maximum absolute atomic E-state index is 3.54. The summed E-state index contributed by atoms with van der Waals surface area (Å²) in [6, 6.07) is 0. The van der Waals surface area contributed by atoms with Crippen LogP contribution < -0.4 is 5.32 Å². The largest absolute Gasteiger partial charge is 0.316 e. The van der Waals surface area contributed by atoms with Crippen molar-refractivity contribution in [1.82, 2.24) is 10.2 Å². The molecule has 1 rings (SSSR count). The second-order valence-corrected chi connectivity index (χ2v) is 6.43. The van der Waals surface area contributed by atoms with Gasteiger partial charge in [0.05, 0.1) is 0 Å². The summed E-state index contributed by atoms with van der Waals surface area (Å²) in [6.45, 7) is 15.5. The Kier molecular flexibility index (Phi) is 7.25.